The SMILES string of the molecule is CCCCCC(O)CS[C@H]1C(O)CC(O)[C@@H]1CCCCCC(C(=O)O)c1ccc(Br)cc1. The standard InChI is InChI=1S/C25H39BrO5S/c1-2-3-5-8-19(27)16-32-24-21(22(28)15-23(24)29)10-7-4-6-9-20(25(30)31)17-11-13-18(26)14-12-17/h11-14,19-24,27-29H,2-10,15-16H2,1H3,(H,30,31)/t19?,20?,21-,22?,23?,24+/m0/s1. The summed E-state index contributed by atoms with van der Waals surface area (Å²) in [7, 11) is 0. The van der Waals surface area contributed by atoms with E-state index in [-0.39, 0.29) is 17.3 Å². The van der Waals surface area contributed by atoms with Gasteiger partial charge in [0.25, 0.3) is 0 Å². The molecule has 4 N–H and O–H groups in total. The highest BCUT2D eigenvalue weighted by atomic mass is 79.9. The van der Waals surface area contributed by atoms with Crippen molar-refractivity contribution >= 4 is 33.7 Å². The highest BCUT2D eigenvalue weighted by molar-refractivity contribution is 9.10. The molecule has 5 nitrogen and oxygen atoms in total. The van der Waals surface area contributed by atoms with E-state index < -0.39 is 24.1 Å². The van der Waals surface area contributed by atoms with Gasteiger partial charge in [-0.15, -0.1) is 0 Å². The molecule has 32 heavy (non-hydrogen) atoms. The van der Waals surface area contributed by atoms with Gasteiger partial charge >= 0.3 is 5.97 Å². The summed E-state index contributed by atoms with van der Waals surface area (Å²) in [6.07, 6.45) is 7.10. The number of aliphatic hydroxyl groups excluding tert-OH is 3. The first kappa shape index (κ1) is 27.6. The lowest BCUT2D eigenvalue weighted by Crippen LogP contribution is -2.27. The molecule has 1 aromatic carbocycles. The molecular weight excluding hydrogens is 492 g/mol. The lowest BCUT2D eigenvalue weighted by molar-refractivity contribution is -0.139. The molecule has 0 heterocycles. The highest BCUT2D eigenvalue weighted by Crippen LogP contribution is 2.39. The molecule has 4 unspecified atom stereocenters. The van der Waals surface area contributed by atoms with Crippen LogP contribution in [0, 0.1) is 5.92 Å². The second-order valence-electron chi connectivity index (χ2n) is 9.06. The van der Waals surface area contributed by atoms with Gasteiger partial charge in [0.1, 0.15) is 0 Å². The molecule has 182 valence electrons. The third-order valence-electron chi connectivity index (χ3n) is 6.50. The smallest absolute Gasteiger partial charge is 0.310 e. The van der Waals surface area contributed by atoms with Gasteiger partial charge in [-0.1, -0.05) is 73.5 Å². The van der Waals surface area contributed by atoms with Crippen molar-refractivity contribution in [2.45, 2.75) is 101 Å². The molecule has 0 saturated heterocycles. The van der Waals surface area contributed by atoms with E-state index >= 15 is 0 Å². The average molecular weight is 532 g/mol. The van der Waals surface area contributed by atoms with Crippen LogP contribution in [-0.2, 0) is 4.79 Å². The predicted octanol–water partition coefficient (Wildman–Crippen LogP) is 5.35. The van der Waals surface area contributed by atoms with Crippen LogP contribution in [0.25, 0.3) is 0 Å². The monoisotopic (exact) mass is 530 g/mol. The fraction of sp³-hybridized carbons (Fsp3) is 0.720. The van der Waals surface area contributed by atoms with Gasteiger partial charge in [-0.2, -0.15) is 11.8 Å². The van der Waals surface area contributed by atoms with Crippen molar-refractivity contribution in [1.82, 2.24) is 0 Å². The van der Waals surface area contributed by atoms with Crippen molar-refractivity contribution in [2.75, 3.05) is 5.75 Å². The molecule has 7 heteroatoms. The molecule has 2 rings (SSSR count). The molecule has 0 radical (unpaired) electrons. The van der Waals surface area contributed by atoms with Crippen LogP contribution in [-0.4, -0.2) is 55.7 Å². The first-order chi connectivity index (χ1) is 15.3. The van der Waals surface area contributed by atoms with E-state index in [9.17, 15) is 25.2 Å². The Morgan fingerprint density at radius 3 is 2.41 bits per heavy atom. The maximum absolute atomic E-state index is 11.7. The lowest BCUT2D eigenvalue weighted by Gasteiger charge is -2.24. The number of hydrogen-bond acceptors (Lipinski definition) is 5. The third kappa shape index (κ3) is 8.98. The number of rotatable bonds is 15. The normalized spacial score (nSPS) is 25.0. The minimum Gasteiger partial charge on any atom is -0.481 e. The molecule has 0 bridgehead atoms. The molecular formula is C25H39BrO5S. The van der Waals surface area contributed by atoms with Gasteiger partial charge in [0.05, 0.1) is 24.2 Å². The van der Waals surface area contributed by atoms with Gasteiger partial charge in [-0.3, -0.25) is 4.79 Å². The zero-order chi connectivity index (χ0) is 23.5. The maximum Gasteiger partial charge on any atom is 0.310 e. The summed E-state index contributed by atoms with van der Waals surface area (Å²) in [5.74, 6) is -0.669. The lowest BCUT2D eigenvalue weighted by atomic mass is 9.92. The van der Waals surface area contributed by atoms with Crippen LogP contribution in [0.5, 0.6) is 0 Å². The van der Waals surface area contributed by atoms with Crippen LogP contribution in [0.1, 0.15) is 82.6 Å². The van der Waals surface area contributed by atoms with Gasteiger partial charge in [0, 0.05) is 21.9 Å². The third-order valence-corrected chi connectivity index (χ3v) is 8.66. The topological polar surface area (TPSA) is 98.0 Å². The first-order valence-corrected chi connectivity index (χ1v) is 13.8. The van der Waals surface area contributed by atoms with Crippen LogP contribution >= 0.6 is 27.7 Å². The average Bonchev–Trinajstić information content (AvgIpc) is 3.02. The number of carboxylic acid groups (broad SMARTS) is 1. The summed E-state index contributed by atoms with van der Waals surface area (Å²) in [5, 5.41) is 40.6. The minimum absolute atomic E-state index is 0.0274. The number of benzene rings is 1. The summed E-state index contributed by atoms with van der Waals surface area (Å²) in [5.41, 5.74) is 0.823. The van der Waals surface area contributed by atoms with Gasteiger partial charge < -0.3 is 20.4 Å². The molecule has 0 amide bonds. The Morgan fingerprint density at radius 1 is 1.06 bits per heavy atom. The number of thioether (sulfide) groups is 1. The van der Waals surface area contributed by atoms with Crippen LogP contribution in [0.4, 0.5) is 0 Å². The van der Waals surface area contributed by atoms with E-state index in [1.165, 1.54) is 0 Å². The molecule has 1 aliphatic rings. The van der Waals surface area contributed by atoms with Crippen molar-refractivity contribution in [1.29, 1.82) is 0 Å². The van der Waals surface area contributed by atoms with Gasteiger partial charge in [-0.05, 0) is 42.9 Å². The Morgan fingerprint density at radius 2 is 1.75 bits per heavy atom. The number of carbonyl (C=O) groups is 1. The highest BCUT2D eigenvalue weighted by Gasteiger charge is 2.41. The molecule has 6 atom stereocenters. The number of aliphatic carboxylic acids is 1. The van der Waals surface area contributed by atoms with Crippen molar-refractivity contribution in [3.8, 4) is 0 Å². The van der Waals surface area contributed by atoms with Crippen molar-refractivity contribution in [3.05, 3.63) is 34.3 Å². The largest absolute Gasteiger partial charge is 0.481 e. The predicted molar refractivity (Wildman–Crippen MR) is 134 cm³/mol. The maximum atomic E-state index is 11.7. The second kappa shape index (κ2) is 14.6. The molecule has 1 aliphatic carbocycles. The number of carboxylic acids is 1. The zero-order valence-corrected chi connectivity index (χ0v) is 21.4. The Hall–Kier alpha value is -0.600. The van der Waals surface area contributed by atoms with Crippen LogP contribution in [0.15, 0.2) is 28.7 Å². The molecule has 0 spiro atoms. The second-order valence-corrected chi connectivity index (χ2v) is 11.2. The Labute approximate surface area is 205 Å². The van der Waals surface area contributed by atoms with E-state index in [2.05, 4.69) is 22.9 Å². The molecule has 1 aromatic rings. The number of halogens is 1. The Balaban J connectivity index is 1.75. The van der Waals surface area contributed by atoms with Crippen molar-refractivity contribution in [3.63, 3.8) is 0 Å². The minimum atomic E-state index is -0.796. The van der Waals surface area contributed by atoms with Crippen molar-refractivity contribution in [2.24, 2.45) is 5.92 Å². The fourth-order valence-electron chi connectivity index (χ4n) is 4.62. The van der Waals surface area contributed by atoms with Crippen LogP contribution < -0.4 is 0 Å². The zero-order valence-electron chi connectivity index (χ0n) is 19.0. The summed E-state index contributed by atoms with van der Waals surface area (Å²) < 4.78 is 0.934. The quantitative estimate of drug-likeness (QED) is 0.228. The number of aliphatic hydroxyl groups is 3. The van der Waals surface area contributed by atoms with E-state index in [0.717, 1.165) is 61.4 Å². The molecule has 1 fully saturated rings. The van der Waals surface area contributed by atoms with Gasteiger partial charge in [0.15, 0.2) is 0 Å². The Kier molecular flexibility index (Phi) is 12.6. The van der Waals surface area contributed by atoms with E-state index in [0.29, 0.717) is 18.6 Å². The summed E-state index contributed by atoms with van der Waals surface area (Å²) >= 11 is 4.98. The number of hydrogen-bond donors (Lipinski definition) is 4. The van der Waals surface area contributed by atoms with E-state index in [1.807, 2.05) is 24.3 Å². The molecule has 0 aliphatic heterocycles. The van der Waals surface area contributed by atoms with E-state index in [4.69, 9.17) is 0 Å². The summed E-state index contributed by atoms with van der Waals surface area (Å²) in [6, 6.07) is 7.46. The Bertz CT molecular complexity index is 671. The van der Waals surface area contributed by atoms with Crippen molar-refractivity contribution < 1.29 is 25.2 Å². The van der Waals surface area contributed by atoms with Crippen LogP contribution in [0.3, 0.4) is 0 Å². The van der Waals surface area contributed by atoms with E-state index in [1.54, 1.807) is 11.8 Å². The van der Waals surface area contributed by atoms with Crippen LogP contribution in [0.2, 0.25) is 0 Å². The van der Waals surface area contributed by atoms with Gasteiger partial charge in [-0.25, -0.2) is 0 Å². The summed E-state index contributed by atoms with van der Waals surface area (Å²) in [6.45, 7) is 2.14. The molecule has 0 aromatic heterocycles. The first-order valence-electron chi connectivity index (χ1n) is 12.0. The van der Waals surface area contributed by atoms with Gasteiger partial charge in [0.2, 0.25) is 0 Å². The summed E-state index contributed by atoms with van der Waals surface area (Å²) in [4.78, 5) is 11.7. The fourth-order valence-corrected chi connectivity index (χ4v) is 6.39. The number of unbranched alkanes of at least 4 members (excludes halogenated alkanes) is 4. The molecule has 1 saturated carbocycles.